The molecular weight excluding hydrogens is 318 g/mol. The lowest BCUT2D eigenvalue weighted by atomic mass is 10.1. The van der Waals surface area contributed by atoms with E-state index < -0.39 is 0 Å². The van der Waals surface area contributed by atoms with Gasteiger partial charge >= 0.3 is 0 Å². The van der Waals surface area contributed by atoms with Gasteiger partial charge in [0.15, 0.2) is 0 Å². The minimum atomic E-state index is -0.180. The minimum Gasteiger partial charge on any atom is -0.347 e. The highest BCUT2D eigenvalue weighted by atomic mass is 35.5. The third kappa shape index (κ3) is 4.80. The second kappa shape index (κ2) is 8.27. The molecule has 1 aromatic carbocycles. The van der Waals surface area contributed by atoms with Gasteiger partial charge in [0.1, 0.15) is 10.7 Å². The van der Waals surface area contributed by atoms with Gasteiger partial charge in [-0.05, 0) is 24.1 Å². The van der Waals surface area contributed by atoms with Gasteiger partial charge < -0.3 is 11.1 Å². The van der Waals surface area contributed by atoms with Gasteiger partial charge in [-0.15, -0.1) is 11.3 Å². The lowest BCUT2D eigenvalue weighted by Crippen LogP contribution is -2.23. The Hall–Kier alpha value is -1.43. The Labute approximate surface area is 139 Å². The van der Waals surface area contributed by atoms with Crippen LogP contribution in [0.5, 0.6) is 0 Å². The van der Waals surface area contributed by atoms with E-state index in [4.69, 9.17) is 17.3 Å². The second-order valence-electron chi connectivity index (χ2n) is 5.13. The molecule has 0 saturated heterocycles. The topological polar surface area (TPSA) is 68.0 Å². The van der Waals surface area contributed by atoms with Gasteiger partial charge in [0, 0.05) is 16.9 Å². The number of carbonyl (C=O) groups excluding carboxylic acids is 1. The Kier molecular flexibility index (Phi) is 6.36. The summed E-state index contributed by atoms with van der Waals surface area (Å²) in [7, 11) is 0. The average Bonchev–Trinajstić information content (AvgIpc) is 3.02. The molecule has 0 radical (unpaired) electrons. The molecule has 6 heteroatoms. The number of hydrogen-bond acceptors (Lipinski definition) is 4. The average molecular weight is 338 g/mol. The van der Waals surface area contributed by atoms with E-state index >= 15 is 0 Å². The van der Waals surface area contributed by atoms with Crippen molar-refractivity contribution in [3.8, 4) is 0 Å². The van der Waals surface area contributed by atoms with Crippen LogP contribution in [0, 0.1) is 0 Å². The summed E-state index contributed by atoms with van der Waals surface area (Å²) in [5.74, 6) is -0.180. The number of thiazole rings is 1. The van der Waals surface area contributed by atoms with Gasteiger partial charge in [-0.1, -0.05) is 43.5 Å². The van der Waals surface area contributed by atoms with E-state index in [9.17, 15) is 4.79 Å². The highest BCUT2D eigenvalue weighted by Crippen LogP contribution is 2.21. The van der Waals surface area contributed by atoms with Gasteiger partial charge in [-0.3, -0.25) is 4.79 Å². The first-order valence-corrected chi connectivity index (χ1v) is 8.59. The van der Waals surface area contributed by atoms with E-state index in [0.29, 0.717) is 17.3 Å². The summed E-state index contributed by atoms with van der Waals surface area (Å²) in [5.41, 5.74) is 7.50. The Balaban J connectivity index is 1.90. The lowest BCUT2D eigenvalue weighted by Gasteiger charge is -2.06. The molecule has 22 heavy (non-hydrogen) atoms. The number of nitrogens with one attached hydrogen (secondary N) is 1. The van der Waals surface area contributed by atoms with Crippen LogP contribution in [0.25, 0.3) is 0 Å². The Bertz CT molecular complexity index is 612. The molecule has 0 spiro atoms. The third-order valence-corrected chi connectivity index (χ3v) is 4.54. The van der Waals surface area contributed by atoms with Crippen molar-refractivity contribution in [3.05, 3.63) is 50.9 Å². The second-order valence-corrected chi connectivity index (χ2v) is 6.45. The molecule has 1 unspecified atom stereocenters. The van der Waals surface area contributed by atoms with Crippen LogP contribution in [0.1, 0.15) is 53.3 Å². The van der Waals surface area contributed by atoms with Crippen molar-refractivity contribution in [2.24, 2.45) is 5.73 Å². The van der Waals surface area contributed by atoms with Crippen molar-refractivity contribution >= 4 is 28.8 Å². The monoisotopic (exact) mass is 337 g/mol. The van der Waals surface area contributed by atoms with E-state index in [1.165, 1.54) is 11.3 Å². The summed E-state index contributed by atoms with van der Waals surface area (Å²) in [5, 5.41) is 6.12. The minimum absolute atomic E-state index is 0.0808. The molecule has 3 N–H and O–H groups in total. The molecule has 0 aliphatic heterocycles. The van der Waals surface area contributed by atoms with E-state index in [1.54, 1.807) is 17.5 Å². The zero-order valence-corrected chi connectivity index (χ0v) is 14.1. The Morgan fingerprint density at radius 3 is 2.82 bits per heavy atom. The van der Waals surface area contributed by atoms with Crippen molar-refractivity contribution < 1.29 is 4.79 Å². The van der Waals surface area contributed by atoms with Gasteiger partial charge in [-0.2, -0.15) is 0 Å². The van der Waals surface area contributed by atoms with Crippen molar-refractivity contribution in [2.45, 2.75) is 38.8 Å². The highest BCUT2D eigenvalue weighted by Gasteiger charge is 2.14. The quantitative estimate of drug-likeness (QED) is 0.804. The van der Waals surface area contributed by atoms with Crippen LogP contribution in [-0.2, 0) is 6.54 Å². The fraction of sp³-hybridized carbons (Fsp3) is 0.375. The molecule has 118 valence electrons. The maximum atomic E-state index is 12.1. The third-order valence-electron chi connectivity index (χ3n) is 3.31. The molecule has 2 rings (SSSR count). The van der Waals surface area contributed by atoms with Gasteiger partial charge in [0.25, 0.3) is 5.91 Å². The van der Waals surface area contributed by atoms with E-state index in [1.807, 2.05) is 12.1 Å². The molecule has 1 amide bonds. The van der Waals surface area contributed by atoms with Crippen molar-refractivity contribution in [3.63, 3.8) is 0 Å². The van der Waals surface area contributed by atoms with E-state index in [2.05, 4.69) is 17.2 Å². The molecule has 2 aromatic rings. The SMILES string of the molecule is CCCCC(N)c1nc(C(=O)NCc2ccc(Cl)cc2)cs1. The largest absolute Gasteiger partial charge is 0.347 e. The fourth-order valence-corrected chi connectivity index (χ4v) is 2.95. The molecule has 1 atom stereocenters. The Morgan fingerprint density at radius 1 is 1.41 bits per heavy atom. The molecule has 0 saturated carbocycles. The maximum Gasteiger partial charge on any atom is 0.271 e. The molecule has 0 aliphatic carbocycles. The van der Waals surface area contributed by atoms with Crippen LogP contribution in [-0.4, -0.2) is 10.9 Å². The summed E-state index contributed by atoms with van der Waals surface area (Å²) in [4.78, 5) is 16.5. The zero-order valence-electron chi connectivity index (χ0n) is 12.5. The number of rotatable bonds is 7. The molecule has 0 fully saturated rings. The first-order valence-electron chi connectivity index (χ1n) is 7.33. The van der Waals surface area contributed by atoms with Gasteiger partial charge in [0.05, 0.1) is 6.04 Å². The van der Waals surface area contributed by atoms with Crippen LogP contribution >= 0.6 is 22.9 Å². The molecule has 4 nitrogen and oxygen atoms in total. The number of halogens is 1. The first kappa shape index (κ1) is 16.9. The van der Waals surface area contributed by atoms with E-state index in [0.717, 1.165) is 29.8 Å². The van der Waals surface area contributed by atoms with Crippen molar-refractivity contribution in [1.29, 1.82) is 0 Å². The number of benzene rings is 1. The number of amides is 1. The summed E-state index contributed by atoms with van der Waals surface area (Å²) in [6.07, 6.45) is 3.07. The molecule has 0 aliphatic rings. The van der Waals surface area contributed by atoms with E-state index in [-0.39, 0.29) is 11.9 Å². The molecule has 1 heterocycles. The van der Waals surface area contributed by atoms with Crippen LogP contribution in [0.2, 0.25) is 5.02 Å². The lowest BCUT2D eigenvalue weighted by molar-refractivity contribution is 0.0946. The van der Waals surface area contributed by atoms with Crippen LogP contribution in [0.3, 0.4) is 0 Å². The molecule has 0 bridgehead atoms. The fourth-order valence-electron chi connectivity index (χ4n) is 1.98. The summed E-state index contributed by atoms with van der Waals surface area (Å²) >= 11 is 7.28. The van der Waals surface area contributed by atoms with Crippen molar-refractivity contribution in [1.82, 2.24) is 10.3 Å². The van der Waals surface area contributed by atoms with Crippen molar-refractivity contribution in [2.75, 3.05) is 0 Å². The maximum absolute atomic E-state index is 12.1. The number of nitrogens with zero attached hydrogens (tertiary/aromatic N) is 1. The Morgan fingerprint density at radius 2 is 2.14 bits per heavy atom. The number of unbranched alkanes of at least 4 members (excludes halogenated alkanes) is 1. The predicted molar refractivity (Wildman–Crippen MR) is 91.2 cm³/mol. The summed E-state index contributed by atoms with van der Waals surface area (Å²) < 4.78 is 0. The number of carbonyl (C=O) groups is 1. The molecular formula is C16H20ClN3OS. The van der Waals surface area contributed by atoms with Crippen LogP contribution in [0.15, 0.2) is 29.6 Å². The highest BCUT2D eigenvalue weighted by molar-refractivity contribution is 7.09. The number of hydrogen-bond donors (Lipinski definition) is 2. The number of nitrogens with two attached hydrogens (primary N) is 1. The standard InChI is InChI=1S/C16H20ClN3OS/c1-2-3-4-13(18)16-20-14(10-22-16)15(21)19-9-11-5-7-12(17)8-6-11/h5-8,10,13H,2-4,9,18H2,1H3,(H,19,21). The van der Waals surface area contributed by atoms with Crippen LogP contribution < -0.4 is 11.1 Å². The smallest absolute Gasteiger partial charge is 0.271 e. The van der Waals surface area contributed by atoms with Gasteiger partial charge in [0.2, 0.25) is 0 Å². The summed E-state index contributed by atoms with van der Waals surface area (Å²) in [6.45, 7) is 2.58. The predicted octanol–water partition coefficient (Wildman–Crippen LogP) is 3.92. The normalized spacial score (nSPS) is 12.1. The first-order chi connectivity index (χ1) is 10.6. The number of aromatic nitrogens is 1. The molecule has 1 aromatic heterocycles. The van der Waals surface area contributed by atoms with Gasteiger partial charge in [-0.25, -0.2) is 4.98 Å². The summed E-state index contributed by atoms with van der Waals surface area (Å²) in [6, 6.07) is 7.29. The van der Waals surface area contributed by atoms with Crippen LogP contribution in [0.4, 0.5) is 0 Å². The zero-order chi connectivity index (χ0) is 15.9.